The first-order chi connectivity index (χ1) is 10.4. The van der Waals surface area contributed by atoms with Gasteiger partial charge < -0.3 is 5.73 Å². The Morgan fingerprint density at radius 1 is 1.09 bits per heavy atom. The molecule has 0 aromatic heterocycles. The van der Waals surface area contributed by atoms with Crippen LogP contribution in [0, 0.1) is 11.3 Å². The van der Waals surface area contributed by atoms with Crippen molar-refractivity contribution in [2.75, 3.05) is 0 Å². The van der Waals surface area contributed by atoms with Gasteiger partial charge in [0.2, 0.25) is 0 Å². The first kappa shape index (κ1) is 15.2. The molecule has 0 amide bonds. The van der Waals surface area contributed by atoms with Crippen molar-refractivity contribution in [1.29, 1.82) is 5.26 Å². The molecule has 1 aliphatic rings. The highest BCUT2D eigenvalue weighted by Crippen LogP contribution is 2.55. The average Bonchev–Trinajstić information content (AvgIpc) is 3.17. The van der Waals surface area contributed by atoms with Crippen LogP contribution in [0.1, 0.15) is 11.5 Å². The van der Waals surface area contributed by atoms with E-state index in [1.165, 1.54) is 12.1 Å². The lowest BCUT2D eigenvalue weighted by Gasteiger charge is -2.04. The Hall–Kier alpha value is -1.68. The van der Waals surface area contributed by atoms with Gasteiger partial charge in [-0.2, -0.15) is 5.26 Å². The van der Waals surface area contributed by atoms with Gasteiger partial charge in [0.15, 0.2) is 9.84 Å². The third-order valence-electron chi connectivity index (χ3n) is 4.01. The van der Waals surface area contributed by atoms with Gasteiger partial charge in [0.1, 0.15) is 10.8 Å². The number of hydrogen-bond acceptors (Lipinski definition) is 4. The third-order valence-corrected chi connectivity index (χ3v) is 6.80. The lowest BCUT2D eigenvalue weighted by atomic mass is 10.1. The summed E-state index contributed by atoms with van der Waals surface area (Å²) in [4.78, 5) is 0.199. The van der Waals surface area contributed by atoms with Crippen LogP contribution in [0.5, 0.6) is 0 Å². The zero-order valence-corrected chi connectivity index (χ0v) is 13.9. The normalized spacial score (nSPS) is 27.1. The van der Waals surface area contributed by atoms with Crippen LogP contribution >= 0.6 is 15.9 Å². The van der Waals surface area contributed by atoms with Crippen LogP contribution in [-0.2, 0) is 9.84 Å². The quantitative estimate of drug-likeness (QED) is 0.891. The van der Waals surface area contributed by atoms with Gasteiger partial charge in [-0.05, 0) is 29.8 Å². The molecule has 112 valence electrons. The Balaban J connectivity index is 2.04. The van der Waals surface area contributed by atoms with Gasteiger partial charge in [0.05, 0.1) is 11.0 Å². The number of benzene rings is 2. The fourth-order valence-electron chi connectivity index (χ4n) is 2.82. The minimum absolute atomic E-state index is 0.199. The summed E-state index contributed by atoms with van der Waals surface area (Å²) in [6.45, 7) is 0. The van der Waals surface area contributed by atoms with Gasteiger partial charge in [0, 0.05) is 10.4 Å². The van der Waals surface area contributed by atoms with Crippen LogP contribution in [0.2, 0.25) is 0 Å². The van der Waals surface area contributed by atoms with Crippen LogP contribution in [-0.4, -0.2) is 19.2 Å². The fourth-order valence-corrected chi connectivity index (χ4v) is 5.29. The first-order valence-electron chi connectivity index (χ1n) is 6.66. The maximum atomic E-state index is 12.8. The molecule has 4 nitrogen and oxygen atoms in total. The molecule has 0 radical (unpaired) electrons. The predicted molar refractivity (Wildman–Crippen MR) is 86.8 cm³/mol. The third kappa shape index (κ3) is 2.26. The number of hydrogen-bond donors (Lipinski definition) is 1. The van der Waals surface area contributed by atoms with Crippen LogP contribution in [0.4, 0.5) is 0 Å². The summed E-state index contributed by atoms with van der Waals surface area (Å²) >= 11 is 3.34. The molecule has 0 aliphatic heterocycles. The Labute approximate surface area is 137 Å². The van der Waals surface area contributed by atoms with Crippen molar-refractivity contribution in [3.8, 4) is 6.07 Å². The molecule has 0 bridgehead atoms. The Bertz CT molecular complexity index is 844. The van der Waals surface area contributed by atoms with Crippen molar-refractivity contribution in [3.63, 3.8) is 0 Å². The maximum absolute atomic E-state index is 12.8. The van der Waals surface area contributed by atoms with E-state index >= 15 is 0 Å². The van der Waals surface area contributed by atoms with Crippen LogP contribution in [0.15, 0.2) is 64.0 Å². The second-order valence-electron chi connectivity index (χ2n) is 5.35. The van der Waals surface area contributed by atoms with E-state index in [2.05, 4.69) is 15.9 Å². The van der Waals surface area contributed by atoms with Gasteiger partial charge in [-0.15, -0.1) is 0 Å². The van der Waals surface area contributed by atoms with E-state index in [0.29, 0.717) is 0 Å². The summed E-state index contributed by atoms with van der Waals surface area (Å²) in [5, 5.41) is 8.46. The molecule has 1 saturated carbocycles. The van der Waals surface area contributed by atoms with Gasteiger partial charge in [0.25, 0.3) is 0 Å². The smallest absolute Gasteiger partial charge is 0.184 e. The zero-order valence-electron chi connectivity index (χ0n) is 11.5. The minimum atomic E-state index is -3.65. The molecule has 22 heavy (non-hydrogen) atoms. The number of nitrogens with two attached hydrogens (primary N) is 1. The Morgan fingerprint density at radius 3 is 2.23 bits per heavy atom. The highest BCUT2D eigenvalue weighted by atomic mass is 79.9. The first-order valence-corrected chi connectivity index (χ1v) is 9.00. The number of rotatable bonds is 3. The maximum Gasteiger partial charge on any atom is 0.184 e. The van der Waals surface area contributed by atoms with E-state index < -0.39 is 26.5 Å². The minimum Gasteiger partial charge on any atom is -0.312 e. The molecule has 2 N–H and O–H groups in total. The Morgan fingerprint density at radius 2 is 1.68 bits per heavy atom. The molecule has 2 aromatic carbocycles. The van der Waals surface area contributed by atoms with Crippen molar-refractivity contribution < 1.29 is 8.42 Å². The number of halogens is 1. The van der Waals surface area contributed by atoms with E-state index in [0.717, 1.165) is 10.0 Å². The van der Waals surface area contributed by atoms with E-state index in [9.17, 15) is 13.7 Å². The van der Waals surface area contributed by atoms with E-state index in [1.54, 1.807) is 30.3 Å². The standard InChI is InChI=1S/C16H13BrN2O2S/c17-12-8-6-11(7-9-12)14-15(16(14,19)10-18)22(20,21)13-4-2-1-3-5-13/h1-9,14-15H,19H2. The lowest BCUT2D eigenvalue weighted by Crippen LogP contribution is -2.29. The summed E-state index contributed by atoms with van der Waals surface area (Å²) < 4.78 is 26.4. The van der Waals surface area contributed by atoms with Gasteiger partial charge in [-0.1, -0.05) is 46.3 Å². The average molecular weight is 377 g/mol. The van der Waals surface area contributed by atoms with Crippen LogP contribution in [0.25, 0.3) is 0 Å². The van der Waals surface area contributed by atoms with Crippen molar-refractivity contribution in [2.24, 2.45) is 5.73 Å². The summed E-state index contributed by atoms with van der Waals surface area (Å²) in [6.07, 6.45) is 0. The number of sulfone groups is 1. The Kier molecular flexibility index (Phi) is 3.60. The fraction of sp³-hybridized carbons (Fsp3) is 0.188. The van der Waals surface area contributed by atoms with Crippen LogP contribution in [0.3, 0.4) is 0 Å². The second kappa shape index (κ2) is 5.20. The SMILES string of the molecule is N#CC1(N)C(c2ccc(Br)cc2)C1S(=O)(=O)c1ccccc1. The summed E-state index contributed by atoms with van der Waals surface area (Å²) in [6, 6.07) is 17.4. The van der Waals surface area contributed by atoms with Crippen molar-refractivity contribution in [3.05, 3.63) is 64.6 Å². The molecule has 3 atom stereocenters. The van der Waals surface area contributed by atoms with Crippen molar-refractivity contribution in [1.82, 2.24) is 0 Å². The molecule has 6 heteroatoms. The largest absolute Gasteiger partial charge is 0.312 e. The molecule has 0 heterocycles. The predicted octanol–water partition coefficient (Wildman–Crippen LogP) is 2.61. The molecule has 2 aromatic rings. The van der Waals surface area contributed by atoms with E-state index in [-0.39, 0.29) is 4.90 Å². The molecule has 3 rings (SSSR count). The van der Waals surface area contributed by atoms with Crippen molar-refractivity contribution >= 4 is 25.8 Å². The molecule has 0 saturated heterocycles. The molecule has 0 spiro atoms. The summed E-state index contributed by atoms with van der Waals surface area (Å²) in [5.41, 5.74) is 5.45. The van der Waals surface area contributed by atoms with E-state index in [4.69, 9.17) is 5.73 Å². The number of nitriles is 1. The van der Waals surface area contributed by atoms with Crippen LogP contribution < -0.4 is 5.73 Å². The second-order valence-corrected chi connectivity index (χ2v) is 8.34. The summed E-state index contributed by atoms with van der Waals surface area (Å²) in [7, 11) is -3.65. The molecular formula is C16H13BrN2O2S. The highest BCUT2D eigenvalue weighted by Gasteiger charge is 2.70. The topological polar surface area (TPSA) is 83.9 Å². The highest BCUT2D eigenvalue weighted by molar-refractivity contribution is 9.10. The zero-order chi connectivity index (χ0) is 16.0. The monoisotopic (exact) mass is 376 g/mol. The van der Waals surface area contributed by atoms with Gasteiger partial charge in [-0.3, -0.25) is 0 Å². The van der Waals surface area contributed by atoms with Gasteiger partial charge >= 0.3 is 0 Å². The molecule has 1 fully saturated rings. The summed E-state index contributed by atoms with van der Waals surface area (Å²) in [5.74, 6) is -0.518. The molecule has 3 unspecified atom stereocenters. The van der Waals surface area contributed by atoms with E-state index in [1.807, 2.05) is 18.2 Å². The molecular weight excluding hydrogens is 364 g/mol. The molecule has 1 aliphatic carbocycles. The van der Waals surface area contributed by atoms with Gasteiger partial charge in [-0.25, -0.2) is 8.42 Å². The lowest BCUT2D eigenvalue weighted by molar-refractivity contribution is 0.592. The van der Waals surface area contributed by atoms with Crippen molar-refractivity contribution in [2.45, 2.75) is 21.6 Å². The number of nitrogens with zero attached hydrogens (tertiary/aromatic N) is 1.